The van der Waals surface area contributed by atoms with Crippen LogP contribution in [0.25, 0.3) is 0 Å². The molecule has 0 aliphatic heterocycles. The summed E-state index contributed by atoms with van der Waals surface area (Å²) in [5, 5.41) is 0. The standard InChI is InChI=1S/C12H17NO4S/c1-18(15,16)8-7-17-12(14)6-5-10-3-2-4-11(13)9-10/h2-4,9H,5-8,13H2,1H3. The van der Waals surface area contributed by atoms with E-state index in [1.807, 2.05) is 12.1 Å². The van der Waals surface area contributed by atoms with Crippen LogP contribution in [0.4, 0.5) is 5.69 Å². The van der Waals surface area contributed by atoms with E-state index in [1.54, 1.807) is 12.1 Å². The number of carbonyl (C=O) groups is 1. The average molecular weight is 271 g/mol. The fraction of sp³-hybridized carbons (Fsp3) is 0.417. The van der Waals surface area contributed by atoms with E-state index in [1.165, 1.54) is 0 Å². The van der Waals surface area contributed by atoms with E-state index in [-0.39, 0.29) is 18.8 Å². The molecule has 0 amide bonds. The summed E-state index contributed by atoms with van der Waals surface area (Å²) in [6, 6.07) is 7.26. The molecule has 0 heterocycles. The van der Waals surface area contributed by atoms with E-state index in [0.29, 0.717) is 12.1 Å². The van der Waals surface area contributed by atoms with E-state index < -0.39 is 15.8 Å². The first-order valence-corrected chi connectivity index (χ1v) is 7.60. The van der Waals surface area contributed by atoms with Gasteiger partial charge in [-0.3, -0.25) is 4.79 Å². The highest BCUT2D eigenvalue weighted by atomic mass is 32.2. The van der Waals surface area contributed by atoms with Crippen LogP contribution in [-0.4, -0.2) is 33.0 Å². The Bertz CT molecular complexity index is 511. The van der Waals surface area contributed by atoms with Gasteiger partial charge >= 0.3 is 5.97 Å². The minimum absolute atomic E-state index is 0.0887. The molecule has 1 aromatic rings. The van der Waals surface area contributed by atoms with Crippen molar-refractivity contribution in [1.29, 1.82) is 0 Å². The molecule has 0 aliphatic rings. The number of benzene rings is 1. The monoisotopic (exact) mass is 271 g/mol. The summed E-state index contributed by atoms with van der Waals surface area (Å²) in [6.07, 6.45) is 1.85. The van der Waals surface area contributed by atoms with Crippen molar-refractivity contribution in [2.45, 2.75) is 12.8 Å². The maximum Gasteiger partial charge on any atom is 0.306 e. The largest absolute Gasteiger partial charge is 0.465 e. The van der Waals surface area contributed by atoms with Gasteiger partial charge in [0.15, 0.2) is 9.84 Å². The Labute approximate surface area is 107 Å². The van der Waals surface area contributed by atoms with E-state index >= 15 is 0 Å². The zero-order chi connectivity index (χ0) is 13.6. The summed E-state index contributed by atoms with van der Waals surface area (Å²) in [6.45, 7) is -0.0887. The molecular weight excluding hydrogens is 254 g/mol. The second-order valence-electron chi connectivity index (χ2n) is 4.10. The van der Waals surface area contributed by atoms with E-state index in [0.717, 1.165) is 11.8 Å². The molecule has 100 valence electrons. The predicted octanol–water partition coefficient (Wildman–Crippen LogP) is 0.789. The molecule has 0 aliphatic carbocycles. The molecule has 0 spiro atoms. The van der Waals surface area contributed by atoms with Crippen LogP contribution in [0, 0.1) is 0 Å². The van der Waals surface area contributed by atoms with Crippen molar-refractivity contribution >= 4 is 21.5 Å². The summed E-state index contributed by atoms with van der Waals surface area (Å²) in [4.78, 5) is 11.3. The second-order valence-corrected chi connectivity index (χ2v) is 6.36. The Hall–Kier alpha value is -1.56. The fourth-order valence-electron chi connectivity index (χ4n) is 1.37. The van der Waals surface area contributed by atoms with Crippen LogP contribution in [0.15, 0.2) is 24.3 Å². The molecule has 1 aromatic carbocycles. The van der Waals surface area contributed by atoms with Gasteiger partial charge in [-0.2, -0.15) is 0 Å². The van der Waals surface area contributed by atoms with Crippen LogP contribution < -0.4 is 5.73 Å². The molecule has 0 fully saturated rings. The van der Waals surface area contributed by atoms with Gasteiger partial charge in [-0.25, -0.2) is 8.42 Å². The third-order valence-corrected chi connectivity index (χ3v) is 3.19. The lowest BCUT2D eigenvalue weighted by atomic mass is 10.1. The van der Waals surface area contributed by atoms with Gasteiger partial charge < -0.3 is 10.5 Å². The van der Waals surface area contributed by atoms with Crippen LogP contribution >= 0.6 is 0 Å². The predicted molar refractivity (Wildman–Crippen MR) is 69.8 cm³/mol. The van der Waals surface area contributed by atoms with Gasteiger partial charge in [0.2, 0.25) is 0 Å². The third kappa shape index (κ3) is 6.24. The van der Waals surface area contributed by atoms with Gasteiger partial charge in [-0.15, -0.1) is 0 Å². The maximum absolute atomic E-state index is 11.3. The number of hydrogen-bond acceptors (Lipinski definition) is 5. The molecule has 5 nitrogen and oxygen atoms in total. The SMILES string of the molecule is CS(=O)(=O)CCOC(=O)CCc1cccc(N)c1. The fourth-order valence-corrected chi connectivity index (χ4v) is 1.76. The maximum atomic E-state index is 11.3. The molecule has 0 aromatic heterocycles. The minimum Gasteiger partial charge on any atom is -0.465 e. The molecule has 0 radical (unpaired) electrons. The summed E-state index contributed by atoms with van der Waals surface area (Å²) in [5.41, 5.74) is 7.21. The highest BCUT2D eigenvalue weighted by molar-refractivity contribution is 7.90. The zero-order valence-electron chi connectivity index (χ0n) is 10.3. The van der Waals surface area contributed by atoms with Gasteiger partial charge in [0.05, 0.1) is 5.75 Å². The molecule has 0 bridgehead atoms. The molecule has 18 heavy (non-hydrogen) atoms. The highest BCUT2D eigenvalue weighted by Crippen LogP contribution is 2.09. The van der Waals surface area contributed by atoms with Crippen molar-refractivity contribution < 1.29 is 17.9 Å². The number of carbonyl (C=O) groups excluding carboxylic acids is 1. The van der Waals surface area contributed by atoms with Crippen LogP contribution in [0.1, 0.15) is 12.0 Å². The number of aryl methyl sites for hydroxylation is 1. The molecule has 0 saturated carbocycles. The normalized spacial score (nSPS) is 11.2. The number of hydrogen-bond donors (Lipinski definition) is 1. The summed E-state index contributed by atoms with van der Waals surface area (Å²) in [5.74, 6) is -0.544. The highest BCUT2D eigenvalue weighted by Gasteiger charge is 2.07. The van der Waals surface area contributed by atoms with E-state index in [9.17, 15) is 13.2 Å². The number of sulfone groups is 1. The lowest BCUT2D eigenvalue weighted by molar-refractivity contribution is -0.142. The van der Waals surface area contributed by atoms with Gasteiger partial charge in [-0.1, -0.05) is 12.1 Å². The summed E-state index contributed by atoms with van der Waals surface area (Å²) >= 11 is 0. The second kappa shape index (κ2) is 6.39. The number of esters is 1. The molecular formula is C12H17NO4S. The Kier molecular flexibility index (Phi) is 5.15. The van der Waals surface area contributed by atoms with Crippen molar-refractivity contribution in [3.63, 3.8) is 0 Å². The molecule has 2 N–H and O–H groups in total. The quantitative estimate of drug-likeness (QED) is 0.610. The number of ether oxygens (including phenoxy) is 1. The van der Waals surface area contributed by atoms with Gasteiger partial charge in [0, 0.05) is 18.4 Å². The number of anilines is 1. The molecule has 1 rings (SSSR count). The molecule has 0 saturated heterocycles. The van der Waals surface area contributed by atoms with Crippen molar-refractivity contribution in [1.82, 2.24) is 0 Å². The van der Waals surface area contributed by atoms with Crippen molar-refractivity contribution in [3.05, 3.63) is 29.8 Å². The van der Waals surface area contributed by atoms with Crippen molar-refractivity contribution in [3.8, 4) is 0 Å². The number of nitrogens with two attached hydrogens (primary N) is 1. The first-order chi connectivity index (χ1) is 8.37. The molecule has 6 heteroatoms. The Morgan fingerprint density at radius 1 is 1.39 bits per heavy atom. The van der Waals surface area contributed by atoms with Crippen LogP contribution in [0.5, 0.6) is 0 Å². The van der Waals surface area contributed by atoms with E-state index in [4.69, 9.17) is 10.5 Å². The Balaban J connectivity index is 2.29. The lowest BCUT2D eigenvalue weighted by Crippen LogP contribution is -2.14. The first kappa shape index (κ1) is 14.5. The molecule has 0 unspecified atom stereocenters. The Morgan fingerprint density at radius 2 is 2.11 bits per heavy atom. The van der Waals surface area contributed by atoms with Gasteiger partial charge in [0.1, 0.15) is 6.61 Å². The van der Waals surface area contributed by atoms with Gasteiger partial charge in [-0.05, 0) is 24.1 Å². The van der Waals surface area contributed by atoms with Crippen LogP contribution in [-0.2, 0) is 25.8 Å². The Morgan fingerprint density at radius 3 is 2.72 bits per heavy atom. The summed E-state index contributed by atoms with van der Waals surface area (Å²) < 4.78 is 26.5. The van der Waals surface area contributed by atoms with Gasteiger partial charge in [0.25, 0.3) is 0 Å². The topological polar surface area (TPSA) is 86.5 Å². The zero-order valence-corrected chi connectivity index (χ0v) is 11.1. The first-order valence-electron chi connectivity index (χ1n) is 5.54. The minimum atomic E-state index is -3.09. The molecule has 0 atom stereocenters. The third-order valence-electron chi connectivity index (χ3n) is 2.29. The lowest BCUT2D eigenvalue weighted by Gasteiger charge is -2.04. The van der Waals surface area contributed by atoms with Crippen molar-refractivity contribution in [2.75, 3.05) is 24.3 Å². The number of rotatable bonds is 6. The van der Waals surface area contributed by atoms with Crippen molar-refractivity contribution in [2.24, 2.45) is 0 Å². The van der Waals surface area contributed by atoms with Crippen LogP contribution in [0.2, 0.25) is 0 Å². The number of nitrogen functional groups attached to an aromatic ring is 1. The average Bonchev–Trinajstić information content (AvgIpc) is 2.25. The smallest absolute Gasteiger partial charge is 0.306 e. The summed E-state index contributed by atoms with van der Waals surface area (Å²) in [7, 11) is -3.09. The van der Waals surface area contributed by atoms with Crippen LogP contribution in [0.3, 0.4) is 0 Å². The van der Waals surface area contributed by atoms with E-state index in [2.05, 4.69) is 0 Å².